The summed E-state index contributed by atoms with van der Waals surface area (Å²) in [5.74, 6) is 3.89. The molecule has 0 spiro atoms. The van der Waals surface area contributed by atoms with Gasteiger partial charge in [0.15, 0.2) is 34.9 Å². The van der Waals surface area contributed by atoms with Crippen LogP contribution in [0.3, 0.4) is 0 Å². The van der Waals surface area contributed by atoms with Crippen LogP contribution in [0.4, 0.5) is 0 Å². The van der Waals surface area contributed by atoms with Crippen molar-refractivity contribution < 1.29 is 0 Å². The summed E-state index contributed by atoms with van der Waals surface area (Å²) < 4.78 is 14.7. The number of hydrogen-bond acceptors (Lipinski definition) is 9. The molecule has 0 N–H and O–H groups in total. The summed E-state index contributed by atoms with van der Waals surface area (Å²) in [7, 11) is 0. The normalized spacial score (nSPS) is 11.8. The maximum atomic E-state index is 5.26. The summed E-state index contributed by atoms with van der Waals surface area (Å²) in [6.07, 6.45) is 0. The Balaban J connectivity index is 0.000000140. The second-order valence-corrected chi connectivity index (χ2v) is 35.1. The molecule has 0 atom stereocenters. The van der Waals surface area contributed by atoms with E-state index in [1.165, 1.54) is 106 Å². The zero-order valence-corrected chi connectivity index (χ0v) is 70.0. The molecule has 0 unspecified atom stereocenters. The lowest BCUT2D eigenvalue weighted by atomic mass is 9.92. The van der Waals surface area contributed by atoms with Crippen molar-refractivity contribution in [1.29, 1.82) is 0 Å². The average Bonchev–Trinajstić information content (AvgIpc) is 1.55. The van der Waals surface area contributed by atoms with Gasteiger partial charge in [-0.25, -0.2) is 29.9 Å². The summed E-state index contributed by atoms with van der Waals surface area (Å²) in [4.78, 5) is 31.1. The van der Waals surface area contributed by atoms with Crippen molar-refractivity contribution in [1.82, 2.24) is 43.6 Å². The van der Waals surface area contributed by atoms with Gasteiger partial charge in [0.25, 0.3) is 0 Å². The predicted molar refractivity (Wildman–Crippen MR) is 530 cm³/mol. The molecule has 26 aromatic rings. The predicted octanol–water partition coefficient (Wildman–Crippen LogP) is 31.1. The Morgan fingerprint density at radius 1 is 0.167 bits per heavy atom. The molecule has 0 aliphatic rings. The quantitative estimate of drug-likeness (QED) is 0.121. The summed E-state index contributed by atoms with van der Waals surface area (Å²) in [6, 6.07) is 150. The number of benzene rings is 18. The summed E-state index contributed by atoms with van der Waals surface area (Å²) >= 11 is 5.47. The molecular weight excluding hydrogens is 1590 g/mol. The highest BCUT2D eigenvalue weighted by atomic mass is 32.1. The van der Waals surface area contributed by atoms with E-state index >= 15 is 0 Å². The van der Waals surface area contributed by atoms with Crippen molar-refractivity contribution >= 4 is 160 Å². The summed E-state index contributed by atoms with van der Waals surface area (Å²) in [5, 5.41) is 14.9. The highest BCUT2D eigenvalue weighted by Crippen LogP contribution is 2.50. The molecule has 0 aliphatic carbocycles. The first-order chi connectivity index (χ1) is 62.5. The van der Waals surface area contributed by atoms with E-state index in [1.807, 2.05) is 84.1 Å². The highest BCUT2D eigenvalue weighted by Gasteiger charge is 2.27. The molecule has 0 saturated heterocycles. The number of hydrogen-bond donors (Lipinski definition) is 0. The Bertz CT molecular complexity index is 8720. The van der Waals surface area contributed by atoms with Crippen molar-refractivity contribution in [3.63, 3.8) is 0 Å². The zero-order chi connectivity index (χ0) is 82.9. The first-order valence-corrected chi connectivity index (χ1v) is 44.7. The first kappa shape index (κ1) is 72.8. The molecule has 0 radical (unpaired) electrons. The van der Waals surface area contributed by atoms with Crippen LogP contribution < -0.4 is 0 Å². The fraction of sp³-hybridized carbons (Fsp3) is 0. The number of aromatic nitrogens is 9. The van der Waals surface area contributed by atoms with Crippen LogP contribution in [0, 0.1) is 0 Å². The molecule has 8 heterocycles. The largest absolute Gasteiger partial charge is 0.309 e. The van der Waals surface area contributed by atoms with Crippen LogP contribution in [0.25, 0.3) is 245 Å². The lowest BCUT2D eigenvalue weighted by molar-refractivity contribution is 1.08. The molecule has 8 aromatic heterocycles. The highest BCUT2D eigenvalue weighted by molar-refractivity contribution is 7.27. The van der Waals surface area contributed by atoms with E-state index in [-0.39, 0.29) is 0 Å². The Labute approximate surface area is 735 Å². The van der Waals surface area contributed by atoms with Gasteiger partial charge in [0.05, 0.1) is 38.8 Å². The third kappa shape index (κ3) is 12.2. The number of fused-ring (bicyclic) bond motifs is 19. The molecule has 0 aliphatic heterocycles. The number of thiophene rings is 3. The lowest BCUT2D eigenvalue weighted by Gasteiger charge is -2.16. The first-order valence-electron chi connectivity index (χ1n) is 42.3. The van der Waals surface area contributed by atoms with Crippen LogP contribution in [0.5, 0.6) is 0 Å². The van der Waals surface area contributed by atoms with Gasteiger partial charge < -0.3 is 13.7 Å². The smallest absolute Gasteiger partial charge is 0.165 e. The minimum absolute atomic E-state index is 0.642. The minimum Gasteiger partial charge on any atom is -0.309 e. The zero-order valence-electron chi connectivity index (χ0n) is 67.6. The maximum absolute atomic E-state index is 5.26. The van der Waals surface area contributed by atoms with Gasteiger partial charge in [0.1, 0.15) is 0 Å². The van der Waals surface area contributed by atoms with Gasteiger partial charge in [0, 0.05) is 143 Å². The lowest BCUT2D eigenvalue weighted by Crippen LogP contribution is -2.01. The van der Waals surface area contributed by atoms with Gasteiger partial charge in [-0.2, -0.15) is 0 Å². The molecule has 26 rings (SSSR count). The Morgan fingerprint density at radius 2 is 0.516 bits per heavy atom. The molecule has 12 heteroatoms. The molecule has 18 aromatic carbocycles. The van der Waals surface area contributed by atoms with Gasteiger partial charge in [-0.3, -0.25) is 0 Å². The van der Waals surface area contributed by atoms with Crippen molar-refractivity contribution in [2.45, 2.75) is 0 Å². The molecular formula is C114H69N9S3. The average molecular weight is 1660 g/mol. The van der Waals surface area contributed by atoms with E-state index < -0.39 is 0 Å². The van der Waals surface area contributed by atoms with Crippen LogP contribution in [0.2, 0.25) is 0 Å². The van der Waals surface area contributed by atoms with E-state index in [0.717, 1.165) is 104 Å². The third-order valence-electron chi connectivity index (χ3n) is 24.6. The van der Waals surface area contributed by atoms with Gasteiger partial charge in [-0.05, 0) is 137 Å². The molecule has 0 amide bonds. The molecule has 0 fully saturated rings. The van der Waals surface area contributed by atoms with Gasteiger partial charge >= 0.3 is 0 Å². The Hall–Kier alpha value is -16.0. The van der Waals surface area contributed by atoms with Gasteiger partial charge in [0.2, 0.25) is 0 Å². The van der Waals surface area contributed by atoms with Crippen LogP contribution in [-0.2, 0) is 0 Å². The Kier molecular flexibility index (Phi) is 17.3. The van der Waals surface area contributed by atoms with Crippen molar-refractivity contribution in [2.24, 2.45) is 0 Å². The monoisotopic (exact) mass is 1660 g/mol. The minimum atomic E-state index is 0.642. The van der Waals surface area contributed by atoms with Crippen LogP contribution in [-0.4, -0.2) is 43.6 Å². The summed E-state index contributed by atoms with van der Waals surface area (Å²) in [6.45, 7) is 0. The fourth-order valence-electron chi connectivity index (χ4n) is 18.9. The second kappa shape index (κ2) is 30.0. The molecule has 9 nitrogen and oxygen atoms in total. The van der Waals surface area contributed by atoms with E-state index in [1.54, 1.807) is 22.7 Å². The van der Waals surface area contributed by atoms with E-state index in [2.05, 4.69) is 359 Å². The van der Waals surface area contributed by atoms with Crippen LogP contribution >= 0.6 is 34.0 Å². The molecule has 0 bridgehead atoms. The van der Waals surface area contributed by atoms with E-state index in [4.69, 9.17) is 29.9 Å². The molecule has 0 saturated carbocycles. The number of nitrogens with zero attached hydrogens (tertiary/aromatic N) is 9. The van der Waals surface area contributed by atoms with Crippen LogP contribution in [0.15, 0.2) is 419 Å². The topological polar surface area (TPSA) is 92.1 Å². The van der Waals surface area contributed by atoms with Gasteiger partial charge in [-0.15, -0.1) is 34.0 Å². The maximum Gasteiger partial charge on any atom is 0.165 e. The number of rotatable bonds is 12. The van der Waals surface area contributed by atoms with Crippen molar-refractivity contribution in [3.05, 3.63) is 419 Å². The SMILES string of the molecule is c1ccc(-c2nc(-c3ccccc3)nc(-c3cc(-c4ccccc4-c4ccc5c6cc7c8ccccc8n(-c8ccccc8)c7cc6n(-c6ccccc6)c5c4)cc4c3sc3ccccc34)n2)cc1.c1ccc(-c2nc(-c3ccccc3)nc(-c3cc(-c4ccccc4-n4c5ccccc5c5c6sc7ccccc7c6ccc54)cc4c3sc3ccccc34)n2)cc1. The number of para-hydroxylation sites is 5. The van der Waals surface area contributed by atoms with Gasteiger partial charge in [-0.1, -0.05) is 309 Å². The fourth-order valence-corrected chi connectivity index (χ4v) is 22.6. The van der Waals surface area contributed by atoms with Crippen molar-refractivity contribution in [3.8, 4) is 119 Å². The standard InChI is InChI=1S/C63H39N5S.C51H30N4S2/c1-5-19-40(20-6-1)61-64-62(41-21-7-2-8-22-41)66-63(65-61)54-36-43(35-53-50-30-16-18-32-59(50)69-60(53)54)47-28-14-13-27-46(47)42-33-34-49-52-38-51-48-29-15-17-31-55(48)67(44-23-9-3-10-24-44)57(51)39-58(52)68(56(49)37-42)45-25-11-4-12-26-45;1-3-15-31(16-4-1)49-52-50(32-17-5-2-6-18-32)54-51(53-49)40-30-33(29-39-36-21-10-14-26-45(36)56-47(39)40)34-19-7-11-23-41(34)55-42-24-12-8-22-38(42)46-43(55)28-27-37-35-20-9-13-25-44(35)57-48(37)46/h1-39H;1-30H. The molecule has 126 heavy (non-hydrogen) atoms. The molecule has 588 valence electrons. The van der Waals surface area contributed by atoms with E-state index in [0.29, 0.717) is 34.9 Å². The third-order valence-corrected chi connectivity index (χ3v) is 28.3. The second-order valence-electron chi connectivity index (χ2n) is 31.9. The Morgan fingerprint density at radius 3 is 1.02 bits per heavy atom. The van der Waals surface area contributed by atoms with Crippen LogP contribution in [0.1, 0.15) is 0 Å². The summed E-state index contributed by atoms with van der Waals surface area (Å²) in [5.41, 5.74) is 23.0. The van der Waals surface area contributed by atoms with Crippen molar-refractivity contribution in [2.75, 3.05) is 0 Å². The van der Waals surface area contributed by atoms with E-state index in [9.17, 15) is 0 Å².